The fourth-order valence-electron chi connectivity index (χ4n) is 1.75. The van der Waals surface area contributed by atoms with E-state index in [1.165, 1.54) is 22.3 Å². The minimum atomic E-state index is 1.18. The van der Waals surface area contributed by atoms with Crippen LogP contribution in [0, 0.1) is 13.8 Å². The lowest BCUT2D eigenvalue weighted by atomic mass is 9.97. The van der Waals surface area contributed by atoms with Crippen molar-refractivity contribution in [3.8, 4) is 0 Å². The van der Waals surface area contributed by atoms with Crippen molar-refractivity contribution in [1.82, 2.24) is 0 Å². The molecule has 0 fully saturated rings. The van der Waals surface area contributed by atoms with Crippen LogP contribution in [0.15, 0.2) is 60.7 Å². The largest absolute Gasteiger partial charge is 0.0757 e. The molecule has 79 valence electrons. The maximum atomic E-state index is 3.90. The van der Waals surface area contributed by atoms with Gasteiger partial charge in [-0.15, -0.1) is 0 Å². The van der Waals surface area contributed by atoms with Crippen LogP contribution in [0.4, 0.5) is 0 Å². The van der Waals surface area contributed by atoms with Gasteiger partial charge in [0.25, 0.3) is 0 Å². The van der Waals surface area contributed by atoms with Crippen LogP contribution in [0.3, 0.4) is 0 Å². The highest BCUT2D eigenvalue weighted by Crippen LogP contribution is 2.23. The molecule has 1 radical (unpaired) electrons. The predicted molar refractivity (Wildman–Crippen MR) is 70.1 cm³/mol. The normalized spacial score (nSPS) is 11.5. The van der Waals surface area contributed by atoms with Gasteiger partial charge in [-0.2, -0.15) is 0 Å². The number of hydrogen-bond acceptors (Lipinski definition) is 0. The van der Waals surface area contributed by atoms with Gasteiger partial charge < -0.3 is 0 Å². The number of rotatable bonds is 2. The van der Waals surface area contributed by atoms with E-state index in [2.05, 4.69) is 50.2 Å². The van der Waals surface area contributed by atoms with E-state index in [4.69, 9.17) is 0 Å². The van der Waals surface area contributed by atoms with Gasteiger partial charge in [-0.1, -0.05) is 66.2 Å². The fraction of sp³-hybridized carbons (Fsp3) is 0.0625. The number of aryl methyl sites for hydroxylation is 1. The monoisotopic (exact) mass is 207 g/mol. The molecule has 0 heteroatoms. The van der Waals surface area contributed by atoms with Crippen LogP contribution in [-0.2, 0) is 0 Å². The Morgan fingerprint density at radius 3 is 2.00 bits per heavy atom. The lowest BCUT2D eigenvalue weighted by Gasteiger charge is -2.07. The minimum absolute atomic E-state index is 1.18. The maximum absolute atomic E-state index is 3.90. The molecule has 0 saturated carbocycles. The second-order valence-corrected chi connectivity index (χ2v) is 3.85. The van der Waals surface area contributed by atoms with Crippen molar-refractivity contribution in [2.24, 2.45) is 0 Å². The van der Waals surface area contributed by atoms with Gasteiger partial charge in [-0.3, -0.25) is 0 Å². The Kier molecular flexibility index (Phi) is 3.21. The van der Waals surface area contributed by atoms with E-state index in [1.54, 1.807) is 0 Å². The number of hydrogen-bond donors (Lipinski definition) is 0. The van der Waals surface area contributed by atoms with E-state index in [1.807, 2.05) is 24.3 Å². The Hall–Kier alpha value is -1.82. The van der Waals surface area contributed by atoms with E-state index in [0.717, 1.165) is 0 Å². The fourth-order valence-corrected chi connectivity index (χ4v) is 1.75. The first-order chi connectivity index (χ1) is 7.81. The molecule has 0 unspecified atom stereocenters. The molecule has 2 aromatic carbocycles. The summed E-state index contributed by atoms with van der Waals surface area (Å²) in [5, 5.41) is 0. The van der Waals surface area contributed by atoms with Crippen LogP contribution < -0.4 is 0 Å². The van der Waals surface area contributed by atoms with Crippen molar-refractivity contribution in [1.29, 1.82) is 0 Å². The summed E-state index contributed by atoms with van der Waals surface area (Å²) in [5.41, 5.74) is 4.88. The summed E-state index contributed by atoms with van der Waals surface area (Å²) in [6, 6.07) is 18.9. The SMILES string of the molecule is [CH2]/C=C(/c1ccccc1)c1ccc(C)cc1. The summed E-state index contributed by atoms with van der Waals surface area (Å²) in [4.78, 5) is 0. The first-order valence-electron chi connectivity index (χ1n) is 5.43. The summed E-state index contributed by atoms with van der Waals surface area (Å²) in [6.45, 7) is 6.00. The molecule has 0 amide bonds. The maximum Gasteiger partial charge on any atom is -0.0151 e. The van der Waals surface area contributed by atoms with Gasteiger partial charge in [0.2, 0.25) is 0 Å². The molecule has 0 aliphatic heterocycles. The van der Waals surface area contributed by atoms with Gasteiger partial charge in [0.15, 0.2) is 0 Å². The molecule has 0 nitrogen and oxygen atoms in total. The zero-order chi connectivity index (χ0) is 11.4. The van der Waals surface area contributed by atoms with Crippen molar-refractivity contribution in [2.45, 2.75) is 6.92 Å². The van der Waals surface area contributed by atoms with Gasteiger partial charge in [-0.05, 0) is 30.5 Å². The molecule has 2 rings (SSSR count). The topological polar surface area (TPSA) is 0 Å². The first kappa shape index (κ1) is 10.7. The van der Waals surface area contributed by atoms with Gasteiger partial charge in [0, 0.05) is 0 Å². The molecule has 2 aromatic rings. The predicted octanol–water partition coefficient (Wildman–Crippen LogP) is 4.26. The van der Waals surface area contributed by atoms with E-state index in [-0.39, 0.29) is 0 Å². The van der Waals surface area contributed by atoms with Gasteiger partial charge in [-0.25, -0.2) is 0 Å². The molecule has 0 N–H and O–H groups in total. The van der Waals surface area contributed by atoms with Gasteiger partial charge in [0.05, 0.1) is 0 Å². The highest BCUT2D eigenvalue weighted by Gasteiger charge is 2.02. The van der Waals surface area contributed by atoms with Crippen molar-refractivity contribution in [3.05, 3.63) is 84.3 Å². The smallest absolute Gasteiger partial charge is 0.0151 e. The van der Waals surface area contributed by atoms with Crippen LogP contribution in [-0.4, -0.2) is 0 Å². The lowest BCUT2D eigenvalue weighted by molar-refractivity contribution is 1.44. The second kappa shape index (κ2) is 4.80. The summed E-state index contributed by atoms with van der Waals surface area (Å²) < 4.78 is 0. The third kappa shape index (κ3) is 2.22. The van der Waals surface area contributed by atoms with Crippen LogP contribution in [0.25, 0.3) is 5.57 Å². The standard InChI is InChI=1S/C16H15/c1-3-16(14-7-5-4-6-8-14)15-11-9-13(2)10-12-15/h3-12H,1H2,2H3/b16-3-. The summed E-state index contributed by atoms with van der Waals surface area (Å²) in [6.07, 6.45) is 1.92. The van der Waals surface area contributed by atoms with E-state index in [0.29, 0.717) is 0 Å². The van der Waals surface area contributed by atoms with Crippen molar-refractivity contribution in [2.75, 3.05) is 0 Å². The molecule has 0 aliphatic carbocycles. The van der Waals surface area contributed by atoms with Crippen molar-refractivity contribution >= 4 is 5.57 Å². The Bertz CT molecular complexity index is 475. The molecule has 0 aliphatic rings. The van der Waals surface area contributed by atoms with Crippen LogP contribution >= 0.6 is 0 Å². The van der Waals surface area contributed by atoms with Crippen molar-refractivity contribution < 1.29 is 0 Å². The Morgan fingerprint density at radius 1 is 0.875 bits per heavy atom. The Morgan fingerprint density at radius 2 is 1.44 bits per heavy atom. The highest BCUT2D eigenvalue weighted by atomic mass is 14.1. The second-order valence-electron chi connectivity index (χ2n) is 3.85. The summed E-state index contributed by atoms with van der Waals surface area (Å²) in [7, 11) is 0. The van der Waals surface area contributed by atoms with E-state index in [9.17, 15) is 0 Å². The highest BCUT2D eigenvalue weighted by molar-refractivity contribution is 5.80. The van der Waals surface area contributed by atoms with Crippen LogP contribution in [0.2, 0.25) is 0 Å². The molecule has 0 saturated heterocycles. The zero-order valence-electron chi connectivity index (χ0n) is 9.48. The minimum Gasteiger partial charge on any atom is -0.0757 e. The third-order valence-electron chi connectivity index (χ3n) is 2.65. The van der Waals surface area contributed by atoms with Gasteiger partial charge >= 0.3 is 0 Å². The van der Waals surface area contributed by atoms with Crippen LogP contribution in [0.5, 0.6) is 0 Å². The Labute approximate surface area is 97.3 Å². The molecule has 0 heterocycles. The molecule has 0 atom stereocenters. The van der Waals surface area contributed by atoms with Crippen molar-refractivity contribution in [3.63, 3.8) is 0 Å². The van der Waals surface area contributed by atoms with E-state index >= 15 is 0 Å². The Balaban J connectivity index is 2.42. The molecule has 0 bridgehead atoms. The quantitative estimate of drug-likeness (QED) is 0.690. The number of allylic oxidation sites excluding steroid dienone is 1. The third-order valence-corrected chi connectivity index (χ3v) is 2.65. The average molecular weight is 207 g/mol. The first-order valence-corrected chi connectivity index (χ1v) is 5.43. The molecule has 0 aromatic heterocycles. The van der Waals surface area contributed by atoms with Gasteiger partial charge in [0.1, 0.15) is 0 Å². The molecular weight excluding hydrogens is 192 g/mol. The van der Waals surface area contributed by atoms with Crippen LogP contribution in [0.1, 0.15) is 16.7 Å². The number of benzene rings is 2. The molecule has 16 heavy (non-hydrogen) atoms. The summed E-state index contributed by atoms with van der Waals surface area (Å²) >= 11 is 0. The molecule has 0 spiro atoms. The summed E-state index contributed by atoms with van der Waals surface area (Å²) in [5.74, 6) is 0. The lowest BCUT2D eigenvalue weighted by Crippen LogP contribution is -1.87. The van der Waals surface area contributed by atoms with E-state index < -0.39 is 0 Å². The molecular formula is C16H15. The average Bonchev–Trinajstić information content (AvgIpc) is 2.34. The zero-order valence-corrected chi connectivity index (χ0v) is 9.48.